The van der Waals surface area contributed by atoms with E-state index in [0.29, 0.717) is 26.2 Å². The molecule has 2 aliphatic heterocycles. The highest BCUT2D eigenvalue weighted by atomic mass is 16.6. The van der Waals surface area contributed by atoms with Crippen molar-refractivity contribution in [3.8, 4) is 0 Å². The van der Waals surface area contributed by atoms with Crippen molar-refractivity contribution >= 4 is 17.9 Å². The molecule has 142 valence electrons. The molecular formula is C17H30N4O4. The number of hydrogen-bond donors (Lipinski definition) is 1. The van der Waals surface area contributed by atoms with E-state index in [2.05, 4.69) is 4.90 Å². The summed E-state index contributed by atoms with van der Waals surface area (Å²) in [5.41, 5.74) is 4.80. The second-order valence-corrected chi connectivity index (χ2v) is 7.81. The van der Waals surface area contributed by atoms with Crippen LogP contribution in [0.2, 0.25) is 0 Å². The molecule has 1 unspecified atom stereocenters. The molecule has 3 amide bonds. The zero-order valence-corrected chi connectivity index (χ0v) is 15.5. The van der Waals surface area contributed by atoms with E-state index in [1.807, 2.05) is 20.8 Å². The highest BCUT2D eigenvalue weighted by molar-refractivity contribution is 5.88. The van der Waals surface area contributed by atoms with Gasteiger partial charge in [-0.3, -0.25) is 14.5 Å². The van der Waals surface area contributed by atoms with Crippen molar-refractivity contribution in [1.29, 1.82) is 0 Å². The maximum absolute atomic E-state index is 12.0. The van der Waals surface area contributed by atoms with Crippen LogP contribution in [0.15, 0.2) is 0 Å². The van der Waals surface area contributed by atoms with Crippen LogP contribution in [0.4, 0.5) is 4.79 Å². The largest absolute Gasteiger partial charge is 0.444 e. The Hall–Kier alpha value is -1.83. The summed E-state index contributed by atoms with van der Waals surface area (Å²) >= 11 is 0. The van der Waals surface area contributed by atoms with Crippen LogP contribution in [0.25, 0.3) is 0 Å². The highest BCUT2D eigenvalue weighted by Crippen LogP contribution is 2.17. The molecule has 1 atom stereocenters. The van der Waals surface area contributed by atoms with Crippen molar-refractivity contribution in [3.63, 3.8) is 0 Å². The van der Waals surface area contributed by atoms with Gasteiger partial charge in [0.15, 0.2) is 0 Å². The van der Waals surface area contributed by atoms with E-state index in [0.717, 1.165) is 26.1 Å². The van der Waals surface area contributed by atoms with Gasteiger partial charge in [0.25, 0.3) is 0 Å². The SMILES string of the molecule is CC(C)(C)OC(=O)N1CCN(CCCN2CC(C(N)=O)CC2=O)CC1. The minimum atomic E-state index is -0.473. The van der Waals surface area contributed by atoms with Gasteiger partial charge in [0, 0.05) is 45.7 Å². The minimum absolute atomic E-state index is 0.0125. The molecule has 2 N–H and O–H groups in total. The average Bonchev–Trinajstić information content (AvgIpc) is 2.88. The van der Waals surface area contributed by atoms with Gasteiger partial charge in [-0.15, -0.1) is 0 Å². The predicted molar refractivity (Wildman–Crippen MR) is 92.7 cm³/mol. The molecule has 0 saturated carbocycles. The monoisotopic (exact) mass is 354 g/mol. The quantitative estimate of drug-likeness (QED) is 0.764. The third kappa shape index (κ3) is 5.88. The van der Waals surface area contributed by atoms with Crippen molar-refractivity contribution in [2.75, 3.05) is 45.8 Å². The molecule has 0 aromatic carbocycles. The number of nitrogens with zero attached hydrogens (tertiary/aromatic N) is 3. The molecule has 0 bridgehead atoms. The first-order valence-electron chi connectivity index (χ1n) is 8.93. The van der Waals surface area contributed by atoms with Gasteiger partial charge >= 0.3 is 6.09 Å². The standard InChI is InChI=1S/C17H30N4O4/c1-17(2,3)25-16(24)20-9-7-19(8-10-20)5-4-6-21-12-13(15(18)23)11-14(21)22/h13H,4-12H2,1-3H3,(H2,18,23). The molecule has 8 nitrogen and oxygen atoms in total. The fourth-order valence-electron chi connectivity index (χ4n) is 3.14. The third-order valence-electron chi connectivity index (χ3n) is 4.54. The van der Waals surface area contributed by atoms with Gasteiger partial charge < -0.3 is 20.3 Å². The molecule has 0 aromatic rings. The molecule has 0 aliphatic carbocycles. The number of ether oxygens (including phenoxy) is 1. The van der Waals surface area contributed by atoms with E-state index in [9.17, 15) is 14.4 Å². The lowest BCUT2D eigenvalue weighted by Gasteiger charge is -2.35. The number of amides is 3. The summed E-state index contributed by atoms with van der Waals surface area (Å²) in [5, 5.41) is 0. The van der Waals surface area contributed by atoms with Gasteiger partial charge in [-0.05, 0) is 33.7 Å². The summed E-state index contributed by atoms with van der Waals surface area (Å²) in [4.78, 5) is 40.8. The topological polar surface area (TPSA) is 96.2 Å². The maximum Gasteiger partial charge on any atom is 0.410 e. The first-order chi connectivity index (χ1) is 11.7. The average molecular weight is 354 g/mol. The van der Waals surface area contributed by atoms with Crippen LogP contribution in [-0.2, 0) is 14.3 Å². The van der Waals surface area contributed by atoms with Gasteiger partial charge in [-0.1, -0.05) is 0 Å². The molecule has 2 rings (SSSR count). The fraction of sp³-hybridized carbons (Fsp3) is 0.824. The van der Waals surface area contributed by atoms with Crippen molar-refractivity contribution in [2.45, 2.75) is 39.2 Å². The first-order valence-corrected chi connectivity index (χ1v) is 8.93. The molecule has 0 aromatic heterocycles. The number of likely N-dealkylation sites (tertiary alicyclic amines) is 1. The fourth-order valence-corrected chi connectivity index (χ4v) is 3.14. The minimum Gasteiger partial charge on any atom is -0.444 e. The van der Waals surface area contributed by atoms with Gasteiger partial charge in [-0.25, -0.2) is 4.79 Å². The number of nitrogens with two attached hydrogens (primary N) is 1. The lowest BCUT2D eigenvalue weighted by molar-refractivity contribution is -0.128. The Morgan fingerprint density at radius 1 is 1.16 bits per heavy atom. The Balaban J connectivity index is 1.65. The number of piperazine rings is 1. The normalized spacial score (nSPS) is 22.4. The summed E-state index contributed by atoms with van der Waals surface area (Å²) in [5.74, 6) is -0.725. The smallest absolute Gasteiger partial charge is 0.410 e. The Labute approximate surface area is 149 Å². The number of rotatable bonds is 5. The van der Waals surface area contributed by atoms with Gasteiger partial charge in [0.05, 0.1) is 5.92 Å². The summed E-state index contributed by atoms with van der Waals surface area (Å²) in [6.07, 6.45) is 0.834. The van der Waals surface area contributed by atoms with E-state index in [-0.39, 0.29) is 24.3 Å². The van der Waals surface area contributed by atoms with E-state index < -0.39 is 11.5 Å². The van der Waals surface area contributed by atoms with Crippen LogP contribution in [0.1, 0.15) is 33.6 Å². The van der Waals surface area contributed by atoms with Gasteiger partial charge in [0.2, 0.25) is 11.8 Å². The third-order valence-corrected chi connectivity index (χ3v) is 4.54. The van der Waals surface area contributed by atoms with Crippen molar-refractivity contribution in [3.05, 3.63) is 0 Å². The van der Waals surface area contributed by atoms with Gasteiger partial charge in [0.1, 0.15) is 5.60 Å². The van der Waals surface area contributed by atoms with Crippen LogP contribution in [0.5, 0.6) is 0 Å². The van der Waals surface area contributed by atoms with Crippen molar-refractivity contribution < 1.29 is 19.1 Å². The lowest BCUT2D eigenvalue weighted by Crippen LogP contribution is -2.50. The molecule has 0 radical (unpaired) electrons. The van der Waals surface area contributed by atoms with E-state index in [4.69, 9.17) is 10.5 Å². The molecule has 2 aliphatic rings. The van der Waals surface area contributed by atoms with E-state index in [1.54, 1.807) is 9.80 Å². The molecule has 2 fully saturated rings. The van der Waals surface area contributed by atoms with Gasteiger partial charge in [-0.2, -0.15) is 0 Å². The molecule has 2 heterocycles. The van der Waals surface area contributed by atoms with Crippen molar-refractivity contribution in [2.24, 2.45) is 11.7 Å². The predicted octanol–water partition coefficient (Wildman–Crippen LogP) is 0.263. The Morgan fingerprint density at radius 3 is 2.32 bits per heavy atom. The molecule has 2 saturated heterocycles. The van der Waals surface area contributed by atoms with E-state index >= 15 is 0 Å². The molecule has 0 spiro atoms. The zero-order valence-electron chi connectivity index (χ0n) is 15.5. The number of carbonyl (C=O) groups excluding carboxylic acids is 3. The van der Waals surface area contributed by atoms with Crippen molar-refractivity contribution in [1.82, 2.24) is 14.7 Å². The summed E-state index contributed by atoms with van der Waals surface area (Å²) in [7, 11) is 0. The summed E-state index contributed by atoms with van der Waals surface area (Å²) < 4.78 is 5.39. The van der Waals surface area contributed by atoms with Crippen LogP contribution in [-0.4, -0.2) is 84.0 Å². The van der Waals surface area contributed by atoms with Crippen LogP contribution in [0, 0.1) is 5.92 Å². The first kappa shape index (κ1) is 19.5. The summed E-state index contributed by atoms with van der Waals surface area (Å²) in [6, 6.07) is 0. The molecule has 8 heteroatoms. The number of hydrogen-bond acceptors (Lipinski definition) is 5. The molecule has 25 heavy (non-hydrogen) atoms. The summed E-state index contributed by atoms with van der Waals surface area (Å²) in [6.45, 7) is 10.5. The number of carbonyl (C=O) groups is 3. The Morgan fingerprint density at radius 2 is 1.80 bits per heavy atom. The Bertz CT molecular complexity index is 509. The highest BCUT2D eigenvalue weighted by Gasteiger charge is 2.32. The Kier molecular flexibility index (Phi) is 6.26. The van der Waals surface area contributed by atoms with Crippen LogP contribution < -0.4 is 5.73 Å². The van der Waals surface area contributed by atoms with E-state index in [1.165, 1.54) is 0 Å². The number of primary amides is 1. The van der Waals surface area contributed by atoms with Crippen LogP contribution in [0.3, 0.4) is 0 Å². The molecular weight excluding hydrogens is 324 g/mol. The van der Waals surface area contributed by atoms with Crippen LogP contribution >= 0.6 is 0 Å². The lowest BCUT2D eigenvalue weighted by atomic mass is 10.1. The zero-order chi connectivity index (χ0) is 18.6. The maximum atomic E-state index is 12.0. The second-order valence-electron chi connectivity index (χ2n) is 7.81. The second kappa shape index (κ2) is 8.03.